The SMILES string of the molecule is CCOc1cc(C(=O)N(C(C)C)C2CCC2)ccc1OCC(=O)O. The molecule has 0 spiro atoms. The quantitative estimate of drug-likeness (QED) is 0.790. The molecule has 1 N–H and O–H groups in total. The van der Waals surface area contributed by atoms with Crippen LogP contribution in [-0.2, 0) is 4.79 Å². The minimum Gasteiger partial charge on any atom is -0.490 e. The molecule has 1 aliphatic carbocycles. The van der Waals surface area contributed by atoms with Crippen LogP contribution in [0.2, 0.25) is 0 Å². The molecule has 0 bridgehead atoms. The summed E-state index contributed by atoms with van der Waals surface area (Å²) in [6, 6.07) is 5.32. The topological polar surface area (TPSA) is 76.1 Å². The molecule has 6 nitrogen and oxygen atoms in total. The third kappa shape index (κ3) is 4.19. The van der Waals surface area contributed by atoms with Crippen molar-refractivity contribution in [2.45, 2.75) is 52.1 Å². The minimum atomic E-state index is -1.06. The van der Waals surface area contributed by atoms with Gasteiger partial charge in [0.15, 0.2) is 18.1 Å². The molecule has 2 rings (SSSR count). The van der Waals surface area contributed by atoms with E-state index in [1.807, 2.05) is 25.7 Å². The van der Waals surface area contributed by atoms with Crippen LogP contribution in [-0.4, -0.2) is 47.2 Å². The predicted octanol–water partition coefficient (Wildman–Crippen LogP) is 2.95. The lowest BCUT2D eigenvalue weighted by Crippen LogP contribution is -2.48. The molecule has 1 fully saturated rings. The summed E-state index contributed by atoms with van der Waals surface area (Å²) >= 11 is 0. The summed E-state index contributed by atoms with van der Waals surface area (Å²) in [7, 11) is 0. The second-order valence-electron chi connectivity index (χ2n) is 6.17. The summed E-state index contributed by atoms with van der Waals surface area (Å²) in [6.07, 6.45) is 3.25. The van der Waals surface area contributed by atoms with Gasteiger partial charge >= 0.3 is 5.97 Å². The van der Waals surface area contributed by atoms with Crippen molar-refractivity contribution < 1.29 is 24.2 Å². The van der Waals surface area contributed by atoms with E-state index in [1.165, 1.54) is 0 Å². The van der Waals surface area contributed by atoms with Gasteiger partial charge in [-0.3, -0.25) is 4.79 Å². The van der Waals surface area contributed by atoms with Crippen LogP contribution in [0.25, 0.3) is 0 Å². The first kappa shape index (κ1) is 18.1. The first-order chi connectivity index (χ1) is 11.4. The molecular weight excluding hydrogens is 310 g/mol. The lowest BCUT2D eigenvalue weighted by Gasteiger charge is -2.40. The van der Waals surface area contributed by atoms with E-state index in [2.05, 4.69) is 0 Å². The number of carbonyl (C=O) groups excluding carboxylic acids is 1. The van der Waals surface area contributed by atoms with Crippen molar-refractivity contribution in [3.63, 3.8) is 0 Å². The largest absolute Gasteiger partial charge is 0.490 e. The Kier molecular flexibility index (Phi) is 6.06. The monoisotopic (exact) mass is 335 g/mol. The Morgan fingerprint density at radius 2 is 1.96 bits per heavy atom. The second-order valence-corrected chi connectivity index (χ2v) is 6.17. The maximum atomic E-state index is 12.9. The molecule has 0 saturated heterocycles. The molecule has 0 radical (unpaired) electrons. The van der Waals surface area contributed by atoms with Crippen molar-refractivity contribution in [3.05, 3.63) is 23.8 Å². The number of ether oxygens (including phenoxy) is 2. The van der Waals surface area contributed by atoms with E-state index in [1.54, 1.807) is 18.2 Å². The molecule has 1 aromatic rings. The Labute approximate surface area is 142 Å². The van der Waals surface area contributed by atoms with E-state index in [9.17, 15) is 9.59 Å². The normalized spacial score (nSPS) is 14.2. The summed E-state index contributed by atoms with van der Waals surface area (Å²) in [5.74, 6) is -0.369. The number of rotatable bonds is 8. The van der Waals surface area contributed by atoms with Gasteiger partial charge in [0.25, 0.3) is 5.91 Å². The van der Waals surface area contributed by atoms with Crippen molar-refractivity contribution in [1.29, 1.82) is 0 Å². The highest BCUT2D eigenvalue weighted by Gasteiger charge is 2.31. The molecule has 0 atom stereocenters. The molecule has 1 aliphatic rings. The fraction of sp³-hybridized carbons (Fsp3) is 0.556. The van der Waals surface area contributed by atoms with Crippen molar-refractivity contribution in [2.75, 3.05) is 13.2 Å². The summed E-state index contributed by atoms with van der Waals surface area (Å²) in [6.45, 7) is 5.81. The van der Waals surface area contributed by atoms with Gasteiger partial charge < -0.3 is 19.5 Å². The van der Waals surface area contributed by atoms with Crippen LogP contribution in [0.3, 0.4) is 0 Å². The van der Waals surface area contributed by atoms with Gasteiger partial charge in [-0.05, 0) is 58.2 Å². The standard InChI is InChI=1S/C18H25NO5/c1-4-23-16-10-13(8-9-15(16)24-11-17(20)21)18(22)19(12(2)3)14-6-5-7-14/h8-10,12,14H,4-7,11H2,1-3H3,(H,20,21). The molecule has 1 saturated carbocycles. The Morgan fingerprint density at radius 1 is 1.25 bits per heavy atom. The number of carboxylic acid groups (broad SMARTS) is 1. The maximum Gasteiger partial charge on any atom is 0.341 e. The summed E-state index contributed by atoms with van der Waals surface area (Å²) in [5, 5.41) is 8.74. The average molecular weight is 335 g/mol. The van der Waals surface area contributed by atoms with Gasteiger partial charge in [0.2, 0.25) is 0 Å². The minimum absolute atomic E-state index is 0.0274. The lowest BCUT2D eigenvalue weighted by molar-refractivity contribution is -0.139. The Hall–Kier alpha value is -2.24. The van der Waals surface area contributed by atoms with Gasteiger partial charge in [0, 0.05) is 17.6 Å². The number of hydrogen-bond acceptors (Lipinski definition) is 4. The Balaban J connectivity index is 2.23. The van der Waals surface area contributed by atoms with Crippen LogP contribution in [0, 0.1) is 0 Å². The maximum absolute atomic E-state index is 12.9. The number of aliphatic carboxylic acids is 1. The number of carbonyl (C=O) groups is 2. The zero-order valence-electron chi connectivity index (χ0n) is 14.4. The molecule has 132 valence electrons. The fourth-order valence-electron chi connectivity index (χ4n) is 2.80. The highest BCUT2D eigenvalue weighted by Crippen LogP contribution is 2.32. The molecule has 24 heavy (non-hydrogen) atoms. The van der Waals surface area contributed by atoms with E-state index in [4.69, 9.17) is 14.6 Å². The highest BCUT2D eigenvalue weighted by atomic mass is 16.5. The van der Waals surface area contributed by atoms with Gasteiger partial charge in [-0.1, -0.05) is 0 Å². The summed E-state index contributed by atoms with van der Waals surface area (Å²) < 4.78 is 10.7. The van der Waals surface area contributed by atoms with E-state index in [0.717, 1.165) is 19.3 Å². The van der Waals surface area contributed by atoms with Crippen LogP contribution >= 0.6 is 0 Å². The van der Waals surface area contributed by atoms with Crippen molar-refractivity contribution >= 4 is 11.9 Å². The predicted molar refractivity (Wildman–Crippen MR) is 89.7 cm³/mol. The third-order valence-corrected chi connectivity index (χ3v) is 4.10. The van der Waals surface area contributed by atoms with Crippen molar-refractivity contribution in [1.82, 2.24) is 4.90 Å². The van der Waals surface area contributed by atoms with E-state index in [-0.39, 0.29) is 11.9 Å². The van der Waals surface area contributed by atoms with Gasteiger partial charge in [-0.25, -0.2) is 4.79 Å². The van der Waals surface area contributed by atoms with Crippen molar-refractivity contribution in [3.8, 4) is 11.5 Å². The van der Waals surface area contributed by atoms with Gasteiger partial charge in [-0.15, -0.1) is 0 Å². The Morgan fingerprint density at radius 3 is 2.46 bits per heavy atom. The van der Waals surface area contributed by atoms with Crippen LogP contribution in [0.15, 0.2) is 18.2 Å². The average Bonchev–Trinajstić information content (AvgIpc) is 2.48. The fourth-order valence-corrected chi connectivity index (χ4v) is 2.80. The number of nitrogens with zero attached hydrogens (tertiary/aromatic N) is 1. The van der Waals surface area contributed by atoms with Gasteiger partial charge in [0.05, 0.1) is 6.61 Å². The smallest absolute Gasteiger partial charge is 0.341 e. The molecular formula is C18H25NO5. The molecule has 0 heterocycles. The summed E-state index contributed by atoms with van der Waals surface area (Å²) in [5.41, 5.74) is 0.529. The molecule has 6 heteroatoms. The van der Waals surface area contributed by atoms with Crippen LogP contribution in [0.4, 0.5) is 0 Å². The number of carboxylic acids is 1. The first-order valence-corrected chi connectivity index (χ1v) is 8.38. The molecule has 1 amide bonds. The van der Waals surface area contributed by atoms with E-state index in [0.29, 0.717) is 29.7 Å². The number of benzene rings is 1. The molecule has 0 aliphatic heterocycles. The van der Waals surface area contributed by atoms with E-state index >= 15 is 0 Å². The lowest BCUT2D eigenvalue weighted by atomic mass is 9.90. The van der Waals surface area contributed by atoms with Gasteiger partial charge in [0.1, 0.15) is 0 Å². The Bertz CT molecular complexity index is 595. The number of amides is 1. The van der Waals surface area contributed by atoms with Crippen LogP contribution in [0.5, 0.6) is 11.5 Å². The summed E-state index contributed by atoms with van der Waals surface area (Å²) in [4.78, 5) is 25.5. The first-order valence-electron chi connectivity index (χ1n) is 8.38. The van der Waals surface area contributed by atoms with Crippen LogP contribution < -0.4 is 9.47 Å². The number of hydrogen-bond donors (Lipinski definition) is 1. The molecule has 0 unspecified atom stereocenters. The van der Waals surface area contributed by atoms with Gasteiger partial charge in [-0.2, -0.15) is 0 Å². The highest BCUT2D eigenvalue weighted by molar-refractivity contribution is 5.95. The third-order valence-electron chi connectivity index (χ3n) is 4.10. The zero-order chi connectivity index (χ0) is 17.7. The molecule has 1 aromatic carbocycles. The van der Waals surface area contributed by atoms with Crippen LogP contribution in [0.1, 0.15) is 50.4 Å². The van der Waals surface area contributed by atoms with E-state index < -0.39 is 12.6 Å². The molecule has 0 aromatic heterocycles. The second kappa shape index (κ2) is 8.04. The van der Waals surface area contributed by atoms with Crippen molar-refractivity contribution in [2.24, 2.45) is 0 Å². The zero-order valence-corrected chi connectivity index (χ0v) is 14.4.